The minimum absolute atomic E-state index is 0.563. The Balaban J connectivity index is 1.72. The van der Waals surface area contributed by atoms with Gasteiger partial charge in [-0.3, -0.25) is 0 Å². The number of rotatable bonds is 5. The van der Waals surface area contributed by atoms with Crippen LogP contribution in [0.25, 0.3) is 0 Å². The van der Waals surface area contributed by atoms with E-state index in [0.717, 1.165) is 19.1 Å². The van der Waals surface area contributed by atoms with E-state index < -0.39 is 0 Å². The van der Waals surface area contributed by atoms with Crippen LogP contribution in [0.1, 0.15) is 32.6 Å². The summed E-state index contributed by atoms with van der Waals surface area (Å²) in [5, 5.41) is 3.72. The van der Waals surface area contributed by atoms with Gasteiger partial charge in [-0.25, -0.2) is 0 Å². The van der Waals surface area contributed by atoms with E-state index in [2.05, 4.69) is 18.5 Å². The lowest BCUT2D eigenvalue weighted by atomic mass is 9.83. The second kappa shape index (κ2) is 5.07. The van der Waals surface area contributed by atoms with Crippen LogP contribution in [0.3, 0.4) is 0 Å². The van der Waals surface area contributed by atoms with Crippen molar-refractivity contribution < 1.29 is 4.74 Å². The van der Waals surface area contributed by atoms with Gasteiger partial charge in [0.25, 0.3) is 0 Å². The maximum atomic E-state index is 5.43. The van der Waals surface area contributed by atoms with Crippen LogP contribution in [0.2, 0.25) is 0 Å². The van der Waals surface area contributed by atoms with Crippen molar-refractivity contribution in [3.63, 3.8) is 0 Å². The predicted molar refractivity (Wildman–Crippen MR) is 66.5 cm³/mol. The molecule has 1 saturated heterocycles. The Morgan fingerprint density at radius 1 is 1.53 bits per heavy atom. The molecule has 3 heteroatoms. The summed E-state index contributed by atoms with van der Waals surface area (Å²) in [5.74, 6) is 0.740. The molecule has 2 atom stereocenters. The van der Waals surface area contributed by atoms with Crippen molar-refractivity contribution in [3.8, 4) is 0 Å². The van der Waals surface area contributed by atoms with E-state index in [0.29, 0.717) is 10.8 Å². The monoisotopic (exact) mass is 229 g/mol. The van der Waals surface area contributed by atoms with Gasteiger partial charge >= 0.3 is 0 Å². The molecule has 2 aliphatic rings. The maximum Gasteiger partial charge on any atom is 0.0509 e. The molecule has 2 unspecified atom stereocenters. The molecule has 1 aliphatic heterocycles. The smallest absolute Gasteiger partial charge is 0.0509 e. The molecule has 0 radical (unpaired) electrons. The Bertz CT molecular complexity index is 194. The highest BCUT2D eigenvalue weighted by Gasteiger charge is 2.36. The van der Waals surface area contributed by atoms with Gasteiger partial charge in [-0.2, -0.15) is 11.8 Å². The summed E-state index contributed by atoms with van der Waals surface area (Å²) < 4.78 is 5.99. The summed E-state index contributed by atoms with van der Waals surface area (Å²) in [6.45, 7) is 5.42. The van der Waals surface area contributed by atoms with Crippen molar-refractivity contribution in [2.75, 3.05) is 26.0 Å². The van der Waals surface area contributed by atoms with Crippen molar-refractivity contribution in [3.05, 3.63) is 0 Å². The van der Waals surface area contributed by atoms with E-state index in [4.69, 9.17) is 4.74 Å². The Morgan fingerprint density at radius 2 is 2.33 bits per heavy atom. The van der Waals surface area contributed by atoms with E-state index in [9.17, 15) is 0 Å². The fourth-order valence-electron chi connectivity index (χ4n) is 2.48. The summed E-state index contributed by atoms with van der Waals surface area (Å²) in [7, 11) is 0. The first-order valence-corrected chi connectivity index (χ1v) is 7.34. The molecule has 2 fully saturated rings. The van der Waals surface area contributed by atoms with E-state index in [1.54, 1.807) is 0 Å². The molecular formula is C12H23NOS. The van der Waals surface area contributed by atoms with Crippen LogP contribution in [0.5, 0.6) is 0 Å². The van der Waals surface area contributed by atoms with E-state index >= 15 is 0 Å². The molecule has 0 aromatic heterocycles. The van der Waals surface area contributed by atoms with Gasteiger partial charge < -0.3 is 10.1 Å². The summed E-state index contributed by atoms with van der Waals surface area (Å²) in [4.78, 5) is 0. The van der Waals surface area contributed by atoms with E-state index in [1.165, 1.54) is 32.2 Å². The zero-order valence-corrected chi connectivity index (χ0v) is 10.7. The maximum absolute atomic E-state index is 5.43. The predicted octanol–water partition coefficient (Wildman–Crippen LogP) is 2.29. The fraction of sp³-hybridized carbons (Fsp3) is 1.00. The van der Waals surface area contributed by atoms with Crippen LogP contribution in [-0.4, -0.2) is 36.8 Å². The van der Waals surface area contributed by atoms with E-state index in [-0.39, 0.29) is 0 Å². The van der Waals surface area contributed by atoms with Gasteiger partial charge in [0.05, 0.1) is 6.61 Å². The molecule has 15 heavy (non-hydrogen) atoms. The van der Waals surface area contributed by atoms with Crippen LogP contribution >= 0.6 is 11.8 Å². The normalized spacial score (nSPS) is 31.2. The molecule has 2 rings (SSSR count). The van der Waals surface area contributed by atoms with Crippen LogP contribution in [0.15, 0.2) is 0 Å². The fourth-order valence-corrected chi connectivity index (χ4v) is 3.41. The molecule has 0 amide bonds. The Hall–Kier alpha value is 0.270. The Kier molecular flexibility index (Phi) is 3.97. The molecule has 0 bridgehead atoms. The highest BCUT2D eigenvalue weighted by atomic mass is 32.2. The SMILES string of the molecule is CSC1(CNC(C)C2CCOC2)CCC1. The van der Waals surface area contributed by atoms with Crippen molar-refractivity contribution in [1.29, 1.82) is 0 Å². The van der Waals surface area contributed by atoms with Gasteiger partial charge in [-0.05, 0) is 38.4 Å². The van der Waals surface area contributed by atoms with Gasteiger partial charge in [0.2, 0.25) is 0 Å². The Labute approximate surface area is 97.5 Å². The zero-order valence-electron chi connectivity index (χ0n) is 9.92. The van der Waals surface area contributed by atoms with Crippen molar-refractivity contribution in [1.82, 2.24) is 5.32 Å². The molecule has 88 valence electrons. The zero-order chi connectivity index (χ0) is 10.7. The van der Waals surface area contributed by atoms with Gasteiger partial charge in [0.15, 0.2) is 0 Å². The summed E-state index contributed by atoms with van der Waals surface area (Å²) in [6, 6.07) is 0.622. The van der Waals surface area contributed by atoms with Crippen LogP contribution in [0, 0.1) is 5.92 Å². The third-order valence-corrected chi connectivity index (χ3v) is 5.53. The molecular weight excluding hydrogens is 206 g/mol. The largest absolute Gasteiger partial charge is 0.381 e. The lowest BCUT2D eigenvalue weighted by molar-refractivity contribution is 0.177. The summed E-state index contributed by atoms with van der Waals surface area (Å²) >= 11 is 2.05. The van der Waals surface area contributed by atoms with E-state index in [1.807, 2.05) is 11.8 Å². The van der Waals surface area contributed by atoms with Gasteiger partial charge in [-0.1, -0.05) is 6.42 Å². The van der Waals surface area contributed by atoms with Crippen LogP contribution < -0.4 is 5.32 Å². The summed E-state index contributed by atoms with van der Waals surface area (Å²) in [5.41, 5.74) is 0. The second-order valence-electron chi connectivity index (χ2n) is 5.03. The van der Waals surface area contributed by atoms with Gasteiger partial charge in [-0.15, -0.1) is 0 Å². The lowest BCUT2D eigenvalue weighted by Crippen LogP contribution is -2.47. The first kappa shape index (κ1) is 11.7. The first-order valence-electron chi connectivity index (χ1n) is 6.12. The quantitative estimate of drug-likeness (QED) is 0.781. The highest BCUT2D eigenvalue weighted by Crippen LogP contribution is 2.42. The molecule has 1 heterocycles. The molecule has 1 aliphatic carbocycles. The molecule has 1 N–H and O–H groups in total. The number of thioether (sulfide) groups is 1. The standard InChI is InChI=1S/C12H23NOS/c1-10(11-4-7-14-8-11)13-9-12(15-2)5-3-6-12/h10-11,13H,3-9H2,1-2H3. The number of hydrogen-bond donors (Lipinski definition) is 1. The van der Waals surface area contributed by atoms with Crippen LogP contribution in [-0.2, 0) is 4.74 Å². The topological polar surface area (TPSA) is 21.3 Å². The minimum Gasteiger partial charge on any atom is -0.381 e. The van der Waals surface area contributed by atoms with Crippen molar-refractivity contribution in [2.45, 2.75) is 43.4 Å². The Morgan fingerprint density at radius 3 is 2.80 bits per heavy atom. The summed E-state index contributed by atoms with van der Waals surface area (Å²) in [6.07, 6.45) is 7.71. The third kappa shape index (κ3) is 2.69. The number of nitrogens with one attached hydrogen (secondary N) is 1. The number of hydrogen-bond acceptors (Lipinski definition) is 3. The minimum atomic E-state index is 0.563. The van der Waals surface area contributed by atoms with Gasteiger partial charge in [0.1, 0.15) is 0 Å². The van der Waals surface area contributed by atoms with Gasteiger partial charge in [0, 0.05) is 23.9 Å². The highest BCUT2D eigenvalue weighted by molar-refractivity contribution is 8.00. The molecule has 0 aromatic carbocycles. The van der Waals surface area contributed by atoms with Crippen molar-refractivity contribution >= 4 is 11.8 Å². The molecule has 0 aromatic rings. The molecule has 0 spiro atoms. The first-order chi connectivity index (χ1) is 7.26. The lowest BCUT2D eigenvalue weighted by Gasteiger charge is -2.41. The molecule has 2 nitrogen and oxygen atoms in total. The third-order valence-electron chi connectivity index (χ3n) is 4.12. The number of ether oxygens (including phenoxy) is 1. The van der Waals surface area contributed by atoms with Crippen molar-refractivity contribution in [2.24, 2.45) is 5.92 Å². The van der Waals surface area contributed by atoms with Crippen LogP contribution in [0.4, 0.5) is 0 Å². The second-order valence-corrected chi connectivity index (χ2v) is 6.31. The molecule has 1 saturated carbocycles. The average molecular weight is 229 g/mol. The average Bonchev–Trinajstić information content (AvgIpc) is 2.69.